The Bertz CT molecular complexity index is 1230. The van der Waals surface area contributed by atoms with E-state index in [2.05, 4.69) is 10.3 Å². The molecule has 0 spiro atoms. The fourth-order valence-corrected chi connectivity index (χ4v) is 3.73. The normalized spacial score (nSPS) is 18.7. The molecule has 1 aliphatic rings. The summed E-state index contributed by atoms with van der Waals surface area (Å²) in [5.41, 5.74) is 0.0451. The molecule has 2 atom stereocenters. The molecule has 0 saturated carbocycles. The van der Waals surface area contributed by atoms with Crippen LogP contribution in [0, 0.1) is 22.9 Å². The van der Waals surface area contributed by atoms with Crippen LogP contribution < -0.4 is 15.6 Å². The highest BCUT2D eigenvalue weighted by molar-refractivity contribution is 5.84. The molecular formula is C20H18F2N4O4. The molecule has 0 radical (unpaired) electrons. The number of alkyl halides is 1. The highest BCUT2D eigenvalue weighted by Gasteiger charge is 2.30. The number of aryl methyl sites for hydroxylation is 1. The van der Waals surface area contributed by atoms with Crippen molar-refractivity contribution < 1.29 is 18.4 Å². The van der Waals surface area contributed by atoms with E-state index >= 15 is 0 Å². The Balaban J connectivity index is 2.04. The number of fused-ring (bicyclic) bond motifs is 1. The first-order chi connectivity index (χ1) is 14.3. The van der Waals surface area contributed by atoms with Gasteiger partial charge in [-0.3, -0.25) is 19.5 Å². The third-order valence-electron chi connectivity index (χ3n) is 5.17. The predicted octanol–water partition coefficient (Wildman–Crippen LogP) is 3.12. The minimum absolute atomic E-state index is 0.00334. The van der Waals surface area contributed by atoms with Crippen LogP contribution in [0.2, 0.25) is 0 Å². The molecule has 3 aromatic rings. The minimum Gasteiger partial charge on any atom is -0.494 e. The molecule has 0 amide bonds. The maximum atomic E-state index is 14.4. The number of methoxy groups -OCH3 is 1. The van der Waals surface area contributed by atoms with Crippen molar-refractivity contribution in [3.63, 3.8) is 0 Å². The summed E-state index contributed by atoms with van der Waals surface area (Å²) in [4.78, 5) is 28.6. The molecule has 8 nitrogen and oxygen atoms in total. The SMILES string of the molecule is COc1ccc(-n2c([C@@H]3C[C@@H](F)CN3)nc3c(C)cc([N+](=O)[O-])cc3c2=O)cc1F. The van der Waals surface area contributed by atoms with Crippen molar-refractivity contribution in [2.24, 2.45) is 0 Å². The number of hydrogen-bond acceptors (Lipinski definition) is 6. The van der Waals surface area contributed by atoms with Gasteiger partial charge in [-0.25, -0.2) is 13.8 Å². The lowest BCUT2D eigenvalue weighted by Crippen LogP contribution is -2.29. The molecule has 1 aromatic heterocycles. The van der Waals surface area contributed by atoms with E-state index in [0.717, 1.165) is 12.1 Å². The van der Waals surface area contributed by atoms with Crippen LogP contribution in [0.5, 0.6) is 5.75 Å². The molecular weight excluding hydrogens is 398 g/mol. The Hall–Kier alpha value is -3.40. The van der Waals surface area contributed by atoms with E-state index in [1.54, 1.807) is 6.92 Å². The van der Waals surface area contributed by atoms with Gasteiger partial charge in [-0.1, -0.05) is 0 Å². The number of aromatic nitrogens is 2. The molecule has 30 heavy (non-hydrogen) atoms. The fraction of sp³-hybridized carbons (Fsp3) is 0.300. The number of rotatable bonds is 4. The number of nitrogens with zero attached hydrogens (tertiary/aromatic N) is 3. The smallest absolute Gasteiger partial charge is 0.270 e. The zero-order valence-corrected chi connectivity index (χ0v) is 16.2. The van der Waals surface area contributed by atoms with Crippen LogP contribution >= 0.6 is 0 Å². The molecule has 4 rings (SSSR count). The zero-order chi connectivity index (χ0) is 21.6. The van der Waals surface area contributed by atoms with Gasteiger partial charge in [-0.2, -0.15) is 0 Å². The maximum absolute atomic E-state index is 14.4. The first-order valence-electron chi connectivity index (χ1n) is 9.23. The molecule has 0 bridgehead atoms. The number of nitro groups is 1. The lowest BCUT2D eigenvalue weighted by atomic mass is 10.1. The van der Waals surface area contributed by atoms with Crippen molar-refractivity contribution in [1.29, 1.82) is 0 Å². The summed E-state index contributed by atoms with van der Waals surface area (Å²) in [6, 6.07) is 5.87. The Labute approximate surface area is 169 Å². The van der Waals surface area contributed by atoms with Crippen LogP contribution in [0.15, 0.2) is 35.1 Å². The summed E-state index contributed by atoms with van der Waals surface area (Å²) in [6.07, 6.45) is -1.01. The summed E-state index contributed by atoms with van der Waals surface area (Å²) >= 11 is 0. The highest BCUT2D eigenvalue weighted by atomic mass is 19.1. The Morgan fingerprint density at radius 3 is 2.70 bits per heavy atom. The summed E-state index contributed by atoms with van der Waals surface area (Å²) in [6.45, 7) is 1.72. The fourth-order valence-electron chi connectivity index (χ4n) is 3.73. The number of hydrogen-bond donors (Lipinski definition) is 1. The van der Waals surface area contributed by atoms with E-state index in [4.69, 9.17) is 4.74 Å². The molecule has 2 aromatic carbocycles. The van der Waals surface area contributed by atoms with Gasteiger partial charge < -0.3 is 10.1 Å². The van der Waals surface area contributed by atoms with Crippen molar-refractivity contribution in [2.45, 2.75) is 25.6 Å². The molecule has 1 aliphatic heterocycles. The molecule has 10 heteroatoms. The summed E-state index contributed by atoms with van der Waals surface area (Å²) in [5.74, 6) is -0.475. The molecule has 2 heterocycles. The van der Waals surface area contributed by atoms with Crippen LogP contribution in [0.1, 0.15) is 23.9 Å². The second-order valence-corrected chi connectivity index (χ2v) is 7.14. The van der Waals surface area contributed by atoms with Crippen LogP contribution in [-0.4, -0.2) is 34.3 Å². The lowest BCUT2D eigenvalue weighted by Gasteiger charge is -2.19. The first-order valence-corrected chi connectivity index (χ1v) is 9.23. The Kier molecular flexibility index (Phi) is 4.94. The van der Waals surface area contributed by atoms with Gasteiger partial charge in [-0.15, -0.1) is 0 Å². The van der Waals surface area contributed by atoms with Crippen LogP contribution in [0.4, 0.5) is 14.5 Å². The van der Waals surface area contributed by atoms with Crippen LogP contribution in [0.3, 0.4) is 0 Å². The van der Waals surface area contributed by atoms with Gasteiger partial charge in [-0.05, 0) is 24.6 Å². The van der Waals surface area contributed by atoms with E-state index in [9.17, 15) is 23.7 Å². The standard InChI is InChI=1S/C20H18F2N4O4/c1-10-5-13(26(28)29)7-14-18(10)24-19(16-6-11(21)9-23-16)25(20(14)27)12-3-4-17(30-2)15(22)8-12/h3-5,7-8,11,16,23H,6,9H2,1-2H3/t11-,16+/m1/s1. The summed E-state index contributed by atoms with van der Waals surface area (Å²) in [5, 5.41) is 14.3. The van der Waals surface area contributed by atoms with Gasteiger partial charge in [0.05, 0.1) is 34.7 Å². The van der Waals surface area contributed by atoms with Gasteiger partial charge >= 0.3 is 0 Å². The third-order valence-corrected chi connectivity index (χ3v) is 5.17. The number of halogens is 2. The summed E-state index contributed by atoms with van der Waals surface area (Å²) in [7, 11) is 1.32. The van der Waals surface area contributed by atoms with E-state index in [-0.39, 0.29) is 46.8 Å². The van der Waals surface area contributed by atoms with Crippen molar-refractivity contribution in [3.05, 3.63) is 68.0 Å². The van der Waals surface area contributed by atoms with Crippen molar-refractivity contribution in [2.75, 3.05) is 13.7 Å². The minimum atomic E-state index is -1.11. The van der Waals surface area contributed by atoms with Crippen molar-refractivity contribution in [1.82, 2.24) is 14.9 Å². The first kappa shape index (κ1) is 19.9. The third kappa shape index (κ3) is 3.28. The van der Waals surface area contributed by atoms with Crippen molar-refractivity contribution >= 4 is 16.6 Å². The number of nitro benzene ring substituents is 1. The molecule has 0 unspecified atom stereocenters. The second kappa shape index (κ2) is 7.45. The topological polar surface area (TPSA) is 99.3 Å². The average Bonchev–Trinajstić information content (AvgIpc) is 3.14. The van der Waals surface area contributed by atoms with Gasteiger partial charge in [0.15, 0.2) is 11.6 Å². The molecule has 0 aliphatic carbocycles. The van der Waals surface area contributed by atoms with Gasteiger partial charge in [0, 0.05) is 31.2 Å². The number of non-ortho nitro benzene ring substituents is 1. The highest BCUT2D eigenvalue weighted by Crippen LogP contribution is 2.29. The molecule has 156 valence electrons. The van der Waals surface area contributed by atoms with Crippen LogP contribution in [-0.2, 0) is 0 Å². The largest absolute Gasteiger partial charge is 0.494 e. The number of benzene rings is 2. The lowest BCUT2D eigenvalue weighted by molar-refractivity contribution is -0.384. The monoisotopic (exact) mass is 416 g/mol. The van der Waals surface area contributed by atoms with Crippen molar-refractivity contribution in [3.8, 4) is 11.4 Å². The second-order valence-electron chi connectivity index (χ2n) is 7.14. The van der Waals surface area contributed by atoms with Gasteiger partial charge in [0.25, 0.3) is 11.2 Å². The maximum Gasteiger partial charge on any atom is 0.270 e. The number of nitrogens with one attached hydrogen (secondary N) is 1. The molecule has 1 saturated heterocycles. The van der Waals surface area contributed by atoms with E-state index < -0.39 is 28.5 Å². The quantitative estimate of drug-likeness (QED) is 0.518. The Morgan fingerprint density at radius 1 is 1.33 bits per heavy atom. The number of ether oxygens (including phenoxy) is 1. The Morgan fingerprint density at radius 2 is 2.10 bits per heavy atom. The van der Waals surface area contributed by atoms with E-state index in [1.807, 2.05) is 0 Å². The van der Waals surface area contributed by atoms with E-state index in [0.29, 0.717) is 5.56 Å². The molecule has 1 fully saturated rings. The van der Waals surface area contributed by atoms with E-state index in [1.165, 1.54) is 29.9 Å². The van der Waals surface area contributed by atoms with Crippen LogP contribution in [0.25, 0.3) is 16.6 Å². The molecule has 1 N–H and O–H groups in total. The zero-order valence-electron chi connectivity index (χ0n) is 16.2. The average molecular weight is 416 g/mol. The summed E-state index contributed by atoms with van der Waals surface area (Å²) < 4.78 is 34.3. The van der Waals surface area contributed by atoms with Gasteiger partial charge in [0.2, 0.25) is 0 Å². The van der Waals surface area contributed by atoms with Gasteiger partial charge in [0.1, 0.15) is 12.0 Å². The predicted molar refractivity (Wildman–Crippen MR) is 105 cm³/mol.